The number of rotatable bonds is 0. The van der Waals surface area contributed by atoms with Gasteiger partial charge in [-0.2, -0.15) is 0 Å². The number of hydrogen-bond donors (Lipinski definition) is 0. The third kappa shape index (κ3) is 11.6. The molecule has 0 heterocycles. The van der Waals surface area contributed by atoms with E-state index in [0.717, 1.165) is 0 Å². The maximum Gasteiger partial charge on any atom is 3.00 e. The summed E-state index contributed by atoms with van der Waals surface area (Å²) in [4.78, 5) is 0. The van der Waals surface area contributed by atoms with Gasteiger partial charge in [0.15, 0.2) is 0 Å². The second-order valence-corrected chi connectivity index (χ2v) is 2.89. The Hall–Kier alpha value is 1.10. The summed E-state index contributed by atoms with van der Waals surface area (Å²) in [5, 5.41) is 0. The zero-order chi connectivity index (χ0) is 10.6. The van der Waals surface area contributed by atoms with Crippen LogP contribution in [0.5, 0.6) is 0 Å². The van der Waals surface area contributed by atoms with E-state index in [1.165, 1.54) is 0 Å². The van der Waals surface area contributed by atoms with Crippen LogP contribution in [-0.4, -0.2) is 0 Å². The van der Waals surface area contributed by atoms with Crippen molar-refractivity contribution in [2.75, 3.05) is 0 Å². The van der Waals surface area contributed by atoms with Gasteiger partial charge in [0.2, 0.25) is 0 Å². The summed E-state index contributed by atoms with van der Waals surface area (Å²) in [7, 11) is 0. The fourth-order valence-corrected chi connectivity index (χ4v) is 0.962. The fourth-order valence-electron chi connectivity index (χ4n) is 0.962. The van der Waals surface area contributed by atoms with Gasteiger partial charge in [-0.15, -0.1) is 0 Å². The summed E-state index contributed by atoms with van der Waals surface area (Å²) in [5.74, 6) is 0. The molecule has 3 saturated carbocycles. The predicted octanol–water partition coefficient (Wildman–Crippen LogP) is 3.06. The minimum atomic E-state index is 0. The van der Waals surface area contributed by atoms with Crippen LogP contribution in [0.4, 0.5) is 0 Å². The standard InChI is InChI=1S/3C5H5.Y/c3*1-2-4-5-3-1;/h3*1-5H;/q;;;+3. The SMILES string of the molecule is [CH]1[CH][CH][CH][CH]1.[CH]1[CH][CH][CH][CH]1.[CH]1[CH][CH][CH][CH]1.[Y+3]. The van der Waals surface area contributed by atoms with Crippen molar-refractivity contribution in [3.63, 3.8) is 0 Å². The molecule has 0 unspecified atom stereocenters. The smallest absolute Gasteiger partial charge is 0.0312 e. The molecule has 0 bridgehead atoms. The first kappa shape index (κ1) is 17.1. The second kappa shape index (κ2) is 14.2. The molecular formula is C15H15Y+3. The molecule has 3 aliphatic carbocycles. The summed E-state index contributed by atoms with van der Waals surface area (Å²) in [6.07, 6.45) is 30.0. The molecule has 0 nitrogen and oxygen atoms in total. The van der Waals surface area contributed by atoms with Crippen molar-refractivity contribution in [1.29, 1.82) is 0 Å². The van der Waals surface area contributed by atoms with Crippen molar-refractivity contribution in [2.24, 2.45) is 0 Å². The van der Waals surface area contributed by atoms with Crippen LogP contribution in [0.2, 0.25) is 0 Å². The first-order valence-electron chi connectivity index (χ1n) is 5.00. The van der Waals surface area contributed by atoms with Crippen molar-refractivity contribution in [3.05, 3.63) is 96.3 Å². The van der Waals surface area contributed by atoms with Crippen molar-refractivity contribution >= 4 is 0 Å². The van der Waals surface area contributed by atoms with Crippen molar-refractivity contribution in [3.8, 4) is 0 Å². The third-order valence-corrected chi connectivity index (χ3v) is 1.67. The molecule has 16 heavy (non-hydrogen) atoms. The molecule has 0 N–H and O–H groups in total. The Morgan fingerprint density at radius 2 is 0.250 bits per heavy atom. The summed E-state index contributed by atoms with van der Waals surface area (Å²) in [5.41, 5.74) is 0. The quantitative estimate of drug-likeness (QED) is 0.641. The molecule has 0 aromatic heterocycles. The Balaban J connectivity index is 0.000000205. The van der Waals surface area contributed by atoms with E-state index < -0.39 is 0 Å². The minimum absolute atomic E-state index is 0. The largest absolute Gasteiger partial charge is 3.00 e. The van der Waals surface area contributed by atoms with Gasteiger partial charge < -0.3 is 0 Å². The maximum absolute atomic E-state index is 2.00. The Bertz CT molecular complexity index is 64.0. The molecule has 0 aliphatic heterocycles. The Morgan fingerprint density at radius 1 is 0.188 bits per heavy atom. The van der Waals surface area contributed by atoms with E-state index in [0.29, 0.717) is 0 Å². The number of hydrogen-bond acceptors (Lipinski definition) is 0. The molecular weight excluding hydrogens is 269 g/mol. The van der Waals surface area contributed by atoms with E-state index in [1.807, 2.05) is 96.3 Å². The average molecular weight is 284 g/mol. The topological polar surface area (TPSA) is 0 Å². The van der Waals surface area contributed by atoms with E-state index in [2.05, 4.69) is 0 Å². The van der Waals surface area contributed by atoms with Crippen molar-refractivity contribution in [2.45, 2.75) is 0 Å². The van der Waals surface area contributed by atoms with Crippen LogP contribution < -0.4 is 0 Å². The van der Waals surface area contributed by atoms with E-state index in [-0.39, 0.29) is 32.7 Å². The van der Waals surface area contributed by atoms with E-state index in [4.69, 9.17) is 0 Å². The molecule has 3 fully saturated rings. The summed E-state index contributed by atoms with van der Waals surface area (Å²) in [6.45, 7) is 0. The monoisotopic (exact) mass is 284 g/mol. The van der Waals surface area contributed by atoms with E-state index in [1.54, 1.807) is 0 Å². The van der Waals surface area contributed by atoms with Gasteiger partial charge in [-0.3, -0.25) is 0 Å². The zero-order valence-electron chi connectivity index (χ0n) is 9.24. The van der Waals surface area contributed by atoms with E-state index >= 15 is 0 Å². The predicted molar refractivity (Wildman–Crippen MR) is 64.5 cm³/mol. The first-order valence-corrected chi connectivity index (χ1v) is 5.00. The summed E-state index contributed by atoms with van der Waals surface area (Å²) < 4.78 is 0. The molecule has 3 aliphatic rings. The van der Waals surface area contributed by atoms with Gasteiger partial charge in [-0.1, -0.05) is 0 Å². The Labute approximate surface area is 128 Å². The fraction of sp³-hybridized carbons (Fsp3) is 0. The second-order valence-electron chi connectivity index (χ2n) is 2.89. The van der Waals surface area contributed by atoms with Crippen LogP contribution in [0, 0.1) is 96.3 Å². The van der Waals surface area contributed by atoms with E-state index in [9.17, 15) is 0 Å². The molecule has 1 heteroatoms. The molecule has 0 saturated heterocycles. The molecule has 3 rings (SSSR count). The maximum atomic E-state index is 2.00. The molecule has 15 radical (unpaired) electrons. The van der Waals surface area contributed by atoms with Crippen molar-refractivity contribution in [1.82, 2.24) is 0 Å². The van der Waals surface area contributed by atoms with Crippen LogP contribution in [0.3, 0.4) is 0 Å². The molecule has 75 valence electrons. The Kier molecular flexibility index (Phi) is 15.1. The van der Waals surface area contributed by atoms with Crippen LogP contribution in [0.1, 0.15) is 0 Å². The van der Waals surface area contributed by atoms with Crippen LogP contribution >= 0.6 is 0 Å². The van der Waals surface area contributed by atoms with Gasteiger partial charge >= 0.3 is 32.7 Å². The molecule has 0 aromatic rings. The first-order chi connectivity index (χ1) is 7.50. The van der Waals surface area contributed by atoms with Gasteiger partial charge in [0.1, 0.15) is 0 Å². The molecule has 0 amide bonds. The summed E-state index contributed by atoms with van der Waals surface area (Å²) in [6, 6.07) is 0. The van der Waals surface area contributed by atoms with Gasteiger partial charge in [-0.25, -0.2) is 0 Å². The van der Waals surface area contributed by atoms with Gasteiger partial charge in [-0.05, 0) is 96.3 Å². The van der Waals surface area contributed by atoms with Gasteiger partial charge in [0.05, 0.1) is 0 Å². The van der Waals surface area contributed by atoms with Crippen LogP contribution in [-0.2, 0) is 32.7 Å². The average Bonchev–Trinajstić information content (AvgIpc) is 3.09. The van der Waals surface area contributed by atoms with Crippen LogP contribution in [0.25, 0.3) is 0 Å². The van der Waals surface area contributed by atoms with Crippen molar-refractivity contribution < 1.29 is 32.7 Å². The Morgan fingerprint density at radius 3 is 0.312 bits per heavy atom. The zero-order valence-corrected chi connectivity index (χ0v) is 12.1. The minimum Gasteiger partial charge on any atom is -0.0312 e. The van der Waals surface area contributed by atoms with Gasteiger partial charge in [0.25, 0.3) is 0 Å². The third-order valence-electron chi connectivity index (χ3n) is 1.67. The van der Waals surface area contributed by atoms with Crippen LogP contribution in [0.15, 0.2) is 0 Å². The normalized spacial score (nSPS) is 22.5. The summed E-state index contributed by atoms with van der Waals surface area (Å²) >= 11 is 0. The molecule has 0 aromatic carbocycles. The molecule has 0 atom stereocenters. The van der Waals surface area contributed by atoms with Gasteiger partial charge in [0, 0.05) is 0 Å². The molecule has 0 spiro atoms.